The number of rotatable bonds is 7. The van der Waals surface area contributed by atoms with Gasteiger partial charge in [-0.1, -0.05) is 6.92 Å². The minimum absolute atomic E-state index is 0.0296. The Kier molecular flexibility index (Phi) is 6.29. The standard InChI is InChI=1S/C12H26N2O3S/c1-7-12(4,5)14-11(15)10(3)13-9(2)8-18(6,16)17/h9-10,13H,7-8H2,1-6H3,(H,14,15). The second-order valence-electron chi connectivity index (χ2n) is 5.61. The SMILES string of the molecule is CCC(C)(C)NC(=O)C(C)NC(C)CS(C)(=O)=O. The van der Waals surface area contributed by atoms with Gasteiger partial charge in [-0.3, -0.25) is 4.79 Å². The van der Waals surface area contributed by atoms with E-state index >= 15 is 0 Å². The lowest BCUT2D eigenvalue weighted by atomic mass is 10.0. The van der Waals surface area contributed by atoms with Crippen LogP contribution in [0.3, 0.4) is 0 Å². The lowest BCUT2D eigenvalue weighted by Gasteiger charge is -2.27. The highest BCUT2D eigenvalue weighted by Gasteiger charge is 2.23. The molecule has 0 spiro atoms. The fourth-order valence-corrected chi connectivity index (χ4v) is 2.54. The van der Waals surface area contributed by atoms with Crippen molar-refractivity contribution in [2.75, 3.05) is 12.0 Å². The van der Waals surface area contributed by atoms with Gasteiger partial charge in [0.15, 0.2) is 0 Å². The van der Waals surface area contributed by atoms with Crippen LogP contribution in [0.15, 0.2) is 0 Å². The molecule has 0 aromatic rings. The highest BCUT2D eigenvalue weighted by molar-refractivity contribution is 7.90. The third kappa shape index (κ3) is 7.66. The van der Waals surface area contributed by atoms with Gasteiger partial charge in [0.05, 0.1) is 11.8 Å². The van der Waals surface area contributed by atoms with Crippen molar-refractivity contribution in [1.82, 2.24) is 10.6 Å². The van der Waals surface area contributed by atoms with Gasteiger partial charge in [0.2, 0.25) is 5.91 Å². The van der Waals surface area contributed by atoms with E-state index in [1.165, 1.54) is 6.26 Å². The summed E-state index contributed by atoms with van der Waals surface area (Å²) in [5.41, 5.74) is -0.243. The van der Waals surface area contributed by atoms with E-state index in [4.69, 9.17) is 0 Å². The van der Waals surface area contributed by atoms with Crippen molar-refractivity contribution in [3.8, 4) is 0 Å². The summed E-state index contributed by atoms with van der Waals surface area (Å²) in [6.07, 6.45) is 2.03. The lowest BCUT2D eigenvalue weighted by molar-refractivity contribution is -0.124. The number of carbonyl (C=O) groups excluding carboxylic acids is 1. The zero-order chi connectivity index (χ0) is 14.6. The maximum Gasteiger partial charge on any atom is 0.237 e. The smallest absolute Gasteiger partial charge is 0.237 e. The average molecular weight is 278 g/mol. The lowest BCUT2D eigenvalue weighted by Crippen LogP contribution is -2.53. The van der Waals surface area contributed by atoms with Crippen molar-refractivity contribution in [2.24, 2.45) is 0 Å². The summed E-state index contributed by atoms with van der Waals surface area (Å²) in [6, 6.07) is -0.655. The van der Waals surface area contributed by atoms with Gasteiger partial charge in [-0.05, 0) is 34.1 Å². The first-order valence-electron chi connectivity index (χ1n) is 6.22. The molecule has 0 aromatic heterocycles. The van der Waals surface area contributed by atoms with E-state index in [2.05, 4.69) is 10.6 Å². The predicted octanol–water partition coefficient (Wildman–Crippen LogP) is 0.702. The molecule has 6 heteroatoms. The van der Waals surface area contributed by atoms with Crippen molar-refractivity contribution in [3.05, 3.63) is 0 Å². The molecule has 2 N–H and O–H groups in total. The molecular weight excluding hydrogens is 252 g/mol. The Labute approximate surface area is 111 Å². The van der Waals surface area contributed by atoms with Crippen LogP contribution >= 0.6 is 0 Å². The van der Waals surface area contributed by atoms with Crippen LogP contribution in [-0.4, -0.2) is 44.0 Å². The van der Waals surface area contributed by atoms with Crippen LogP contribution in [0.1, 0.15) is 41.0 Å². The largest absolute Gasteiger partial charge is 0.350 e. The van der Waals surface area contributed by atoms with E-state index < -0.39 is 15.9 Å². The van der Waals surface area contributed by atoms with Gasteiger partial charge in [0.25, 0.3) is 0 Å². The zero-order valence-electron chi connectivity index (χ0n) is 12.2. The van der Waals surface area contributed by atoms with Crippen LogP contribution in [0, 0.1) is 0 Å². The summed E-state index contributed by atoms with van der Waals surface area (Å²) in [6.45, 7) is 9.41. The summed E-state index contributed by atoms with van der Waals surface area (Å²) in [7, 11) is -3.03. The topological polar surface area (TPSA) is 75.3 Å². The van der Waals surface area contributed by atoms with E-state index in [-0.39, 0.29) is 23.2 Å². The number of carbonyl (C=O) groups is 1. The van der Waals surface area contributed by atoms with Crippen LogP contribution in [0.25, 0.3) is 0 Å². The zero-order valence-corrected chi connectivity index (χ0v) is 13.0. The second kappa shape index (κ2) is 6.52. The first-order chi connectivity index (χ1) is 7.97. The molecule has 1 amide bonds. The van der Waals surface area contributed by atoms with Gasteiger partial charge in [0.1, 0.15) is 9.84 Å². The van der Waals surface area contributed by atoms with Crippen LogP contribution < -0.4 is 10.6 Å². The Hall–Kier alpha value is -0.620. The molecule has 0 aliphatic heterocycles. The Morgan fingerprint density at radius 1 is 1.28 bits per heavy atom. The number of sulfone groups is 1. The first-order valence-corrected chi connectivity index (χ1v) is 8.28. The Balaban J connectivity index is 4.33. The third-order valence-corrected chi connectivity index (χ3v) is 3.93. The third-order valence-electron chi connectivity index (χ3n) is 2.83. The maximum atomic E-state index is 11.9. The van der Waals surface area contributed by atoms with Crippen molar-refractivity contribution in [2.45, 2.75) is 58.7 Å². The van der Waals surface area contributed by atoms with Gasteiger partial charge < -0.3 is 10.6 Å². The monoisotopic (exact) mass is 278 g/mol. The molecule has 18 heavy (non-hydrogen) atoms. The van der Waals surface area contributed by atoms with Crippen LogP contribution in [0.2, 0.25) is 0 Å². The molecule has 0 aliphatic carbocycles. The number of amides is 1. The van der Waals surface area contributed by atoms with Crippen molar-refractivity contribution < 1.29 is 13.2 Å². The van der Waals surface area contributed by atoms with E-state index in [1.807, 2.05) is 20.8 Å². The van der Waals surface area contributed by atoms with E-state index in [0.717, 1.165) is 6.42 Å². The minimum atomic E-state index is -3.03. The van der Waals surface area contributed by atoms with E-state index in [0.29, 0.717) is 0 Å². The molecule has 0 aliphatic rings. The van der Waals surface area contributed by atoms with Crippen molar-refractivity contribution in [1.29, 1.82) is 0 Å². The van der Waals surface area contributed by atoms with E-state index in [1.54, 1.807) is 13.8 Å². The quantitative estimate of drug-likeness (QED) is 0.719. The van der Waals surface area contributed by atoms with Crippen LogP contribution in [0.5, 0.6) is 0 Å². The molecule has 0 saturated heterocycles. The molecule has 0 rings (SSSR count). The Bertz CT molecular complexity index is 377. The summed E-state index contributed by atoms with van der Waals surface area (Å²) < 4.78 is 22.3. The molecule has 2 unspecified atom stereocenters. The number of nitrogens with one attached hydrogen (secondary N) is 2. The van der Waals surface area contributed by atoms with E-state index in [9.17, 15) is 13.2 Å². The molecule has 0 bridgehead atoms. The average Bonchev–Trinajstić information content (AvgIpc) is 2.13. The molecule has 5 nitrogen and oxygen atoms in total. The predicted molar refractivity (Wildman–Crippen MR) is 74.3 cm³/mol. The minimum Gasteiger partial charge on any atom is -0.350 e. The number of hydrogen-bond donors (Lipinski definition) is 2. The fourth-order valence-electron chi connectivity index (χ4n) is 1.53. The van der Waals surface area contributed by atoms with Crippen LogP contribution in [0.4, 0.5) is 0 Å². The summed E-state index contributed by atoms with van der Waals surface area (Å²) in [5, 5.41) is 5.91. The fraction of sp³-hybridized carbons (Fsp3) is 0.917. The van der Waals surface area contributed by atoms with Crippen LogP contribution in [-0.2, 0) is 14.6 Å². The summed E-state index contributed by atoms with van der Waals surface area (Å²) in [5.74, 6) is -0.0795. The van der Waals surface area contributed by atoms with Crippen molar-refractivity contribution >= 4 is 15.7 Å². The molecule has 108 valence electrons. The summed E-state index contributed by atoms with van der Waals surface area (Å²) in [4.78, 5) is 11.9. The molecule has 0 radical (unpaired) electrons. The molecule has 2 atom stereocenters. The maximum absolute atomic E-state index is 11.9. The molecular formula is C12H26N2O3S. The first kappa shape index (κ1) is 17.4. The molecule has 0 fully saturated rings. The Morgan fingerprint density at radius 3 is 2.17 bits per heavy atom. The molecule has 0 heterocycles. The Morgan fingerprint density at radius 2 is 1.78 bits per heavy atom. The van der Waals surface area contributed by atoms with Gasteiger partial charge in [-0.15, -0.1) is 0 Å². The summed E-state index contributed by atoms with van der Waals surface area (Å²) >= 11 is 0. The van der Waals surface area contributed by atoms with Gasteiger partial charge >= 0.3 is 0 Å². The van der Waals surface area contributed by atoms with Gasteiger partial charge in [-0.25, -0.2) is 8.42 Å². The highest BCUT2D eigenvalue weighted by atomic mass is 32.2. The van der Waals surface area contributed by atoms with Crippen molar-refractivity contribution in [3.63, 3.8) is 0 Å². The highest BCUT2D eigenvalue weighted by Crippen LogP contribution is 2.07. The second-order valence-corrected chi connectivity index (χ2v) is 7.79. The molecule has 0 aromatic carbocycles. The van der Waals surface area contributed by atoms with Gasteiger partial charge in [0, 0.05) is 17.8 Å². The van der Waals surface area contributed by atoms with Gasteiger partial charge in [-0.2, -0.15) is 0 Å². The molecule has 0 saturated carbocycles. The number of hydrogen-bond acceptors (Lipinski definition) is 4. The normalized spacial score (nSPS) is 16.1.